The van der Waals surface area contributed by atoms with E-state index in [4.69, 9.17) is 4.42 Å². The normalized spacial score (nSPS) is 10.8. The number of amides is 1. The lowest BCUT2D eigenvalue weighted by atomic mass is 10.2. The zero-order chi connectivity index (χ0) is 18.2. The van der Waals surface area contributed by atoms with E-state index >= 15 is 0 Å². The molecule has 0 bridgehead atoms. The number of rotatable bonds is 9. The molecule has 0 spiro atoms. The molecule has 1 amide bonds. The van der Waals surface area contributed by atoms with Gasteiger partial charge in [0.1, 0.15) is 0 Å². The van der Waals surface area contributed by atoms with E-state index in [1.54, 1.807) is 10.9 Å². The molecule has 1 aromatic carbocycles. The van der Waals surface area contributed by atoms with Gasteiger partial charge in [-0.05, 0) is 24.8 Å². The van der Waals surface area contributed by atoms with Gasteiger partial charge in [0.25, 0.3) is 0 Å². The number of hydrogen-bond donors (Lipinski definition) is 1. The topological polar surface area (TPSA) is 73.0 Å². The molecule has 0 atom stereocenters. The van der Waals surface area contributed by atoms with Crippen LogP contribution in [0.25, 0.3) is 11.3 Å². The summed E-state index contributed by atoms with van der Waals surface area (Å²) in [7, 11) is 1.90. The van der Waals surface area contributed by atoms with Crippen molar-refractivity contribution in [3.63, 3.8) is 0 Å². The van der Waals surface area contributed by atoms with Gasteiger partial charge in [-0.15, -0.1) is 0 Å². The van der Waals surface area contributed by atoms with Gasteiger partial charge in [-0.3, -0.25) is 9.48 Å². The molecule has 136 valence electrons. The maximum absolute atomic E-state index is 11.9. The molecule has 0 radical (unpaired) electrons. The second kappa shape index (κ2) is 8.99. The zero-order valence-electron chi connectivity index (χ0n) is 15.0. The lowest BCUT2D eigenvalue weighted by Gasteiger charge is -2.04. The molecule has 0 fully saturated rings. The number of benzene rings is 1. The maximum Gasteiger partial charge on any atom is 0.220 e. The predicted octanol–water partition coefficient (Wildman–Crippen LogP) is 3.15. The van der Waals surface area contributed by atoms with E-state index in [0.717, 1.165) is 30.6 Å². The Balaban J connectivity index is 1.32. The molecule has 3 aromatic rings. The second-order valence-corrected chi connectivity index (χ2v) is 6.31. The summed E-state index contributed by atoms with van der Waals surface area (Å²) in [4.78, 5) is 16.2. The van der Waals surface area contributed by atoms with Crippen LogP contribution in [-0.2, 0) is 24.7 Å². The molecular weight excluding hydrogens is 328 g/mol. The zero-order valence-corrected chi connectivity index (χ0v) is 15.0. The molecule has 6 nitrogen and oxygen atoms in total. The summed E-state index contributed by atoms with van der Waals surface area (Å²) >= 11 is 0. The average Bonchev–Trinajstić information content (AvgIpc) is 3.29. The molecule has 0 aliphatic carbocycles. The van der Waals surface area contributed by atoms with E-state index in [1.807, 2.05) is 49.8 Å². The summed E-state index contributed by atoms with van der Waals surface area (Å²) < 4.78 is 7.54. The summed E-state index contributed by atoms with van der Waals surface area (Å²) in [5.74, 6) is 1.51. The van der Waals surface area contributed by atoms with Crippen molar-refractivity contribution in [2.45, 2.75) is 32.1 Å². The molecule has 2 aromatic heterocycles. The molecule has 0 aliphatic heterocycles. The number of hydrogen-bond acceptors (Lipinski definition) is 4. The Labute approximate surface area is 153 Å². The fraction of sp³-hybridized carbons (Fsp3) is 0.350. The van der Waals surface area contributed by atoms with Gasteiger partial charge in [-0.2, -0.15) is 5.10 Å². The van der Waals surface area contributed by atoms with Crippen molar-refractivity contribution in [2.24, 2.45) is 7.05 Å². The molecule has 3 rings (SSSR count). The van der Waals surface area contributed by atoms with Crippen molar-refractivity contribution in [2.75, 3.05) is 6.54 Å². The summed E-state index contributed by atoms with van der Waals surface area (Å²) in [6, 6.07) is 9.88. The van der Waals surface area contributed by atoms with Gasteiger partial charge in [0.05, 0.1) is 12.4 Å². The van der Waals surface area contributed by atoms with Crippen LogP contribution in [0.5, 0.6) is 0 Å². The first-order valence-electron chi connectivity index (χ1n) is 8.95. The van der Waals surface area contributed by atoms with E-state index < -0.39 is 0 Å². The van der Waals surface area contributed by atoms with Crippen LogP contribution < -0.4 is 5.32 Å². The van der Waals surface area contributed by atoms with E-state index in [-0.39, 0.29) is 5.91 Å². The van der Waals surface area contributed by atoms with Gasteiger partial charge >= 0.3 is 0 Å². The second-order valence-electron chi connectivity index (χ2n) is 6.31. The van der Waals surface area contributed by atoms with Crippen molar-refractivity contribution >= 4 is 5.91 Å². The Bertz CT molecular complexity index is 823. The third-order valence-corrected chi connectivity index (χ3v) is 4.13. The van der Waals surface area contributed by atoms with Gasteiger partial charge in [-0.1, -0.05) is 30.3 Å². The SMILES string of the molecule is Cn1cc(CCCNC(=O)CCCc2ncc(-c3ccccc3)o2)cn1. The molecule has 0 unspecified atom stereocenters. The summed E-state index contributed by atoms with van der Waals surface area (Å²) in [5, 5.41) is 7.10. The van der Waals surface area contributed by atoms with E-state index in [9.17, 15) is 4.79 Å². The van der Waals surface area contributed by atoms with Crippen LogP contribution >= 0.6 is 0 Å². The number of aryl methyl sites for hydroxylation is 3. The highest BCUT2D eigenvalue weighted by atomic mass is 16.4. The Hall–Kier alpha value is -2.89. The molecule has 1 N–H and O–H groups in total. The Morgan fingerprint density at radius 3 is 2.77 bits per heavy atom. The Morgan fingerprint density at radius 2 is 2.00 bits per heavy atom. The highest BCUT2D eigenvalue weighted by Crippen LogP contribution is 2.20. The first-order valence-corrected chi connectivity index (χ1v) is 8.95. The number of oxazole rings is 1. The van der Waals surface area contributed by atoms with Crippen molar-refractivity contribution in [3.05, 3.63) is 60.4 Å². The van der Waals surface area contributed by atoms with Crippen molar-refractivity contribution in [1.82, 2.24) is 20.1 Å². The molecule has 6 heteroatoms. The Morgan fingerprint density at radius 1 is 1.15 bits per heavy atom. The van der Waals surface area contributed by atoms with Crippen molar-refractivity contribution in [1.29, 1.82) is 0 Å². The highest BCUT2D eigenvalue weighted by molar-refractivity contribution is 5.75. The first kappa shape index (κ1) is 17.9. The van der Waals surface area contributed by atoms with Gasteiger partial charge in [-0.25, -0.2) is 4.98 Å². The van der Waals surface area contributed by atoms with E-state index in [0.29, 0.717) is 25.3 Å². The number of nitrogens with zero attached hydrogens (tertiary/aromatic N) is 3. The lowest BCUT2D eigenvalue weighted by Crippen LogP contribution is -2.24. The van der Waals surface area contributed by atoms with Crippen LogP contribution in [0.2, 0.25) is 0 Å². The van der Waals surface area contributed by atoms with Crippen LogP contribution in [0.1, 0.15) is 30.7 Å². The summed E-state index contributed by atoms with van der Waals surface area (Å²) in [6.07, 6.45) is 9.31. The number of carbonyl (C=O) groups excluding carboxylic acids is 1. The molecular formula is C20H24N4O2. The predicted molar refractivity (Wildman–Crippen MR) is 99.4 cm³/mol. The maximum atomic E-state index is 11.9. The van der Waals surface area contributed by atoms with E-state index in [1.165, 1.54) is 5.56 Å². The van der Waals surface area contributed by atoms with Gasteiger partial charge in [0.15, 0.2) is 11.7 Å². The van der Waals surface area contributed by atoms with Gasteiger partial charge < -0.3 is 9.73 Å². The minimum absolute atomic E-state index is 0.0750. The summed E-state index contributed by atoms with van der Waals surface area (Å²) in [6.45, 7) is 0.685. The van der Waals surface area contributed by atoms with Crippen LogP contribution in [0.3, 0.4) is 0 Å². The van der Waals surface area contributed by atoms with Gasteiger partial charge in [0, 0.05) is 38.2 Å². The molecule has 0 saturated carbocycles. The molecule has 26 heavy (non-hydrogen) atoms. The van der Waals surface area contributed by atoms with Crippen LogP contribution in [0.4, 0.5) is 0 Å². The van der Waals surface area contributed by atoms with Gasteiger partial charge in [0.2, 0.25) is 5.91 Å². The third-order valence-electron chi connectivity index (χ3n) is 4.13. The standard InChI is InChI=1S/C20H24N4O2/c1-24-15-16(13-23-24)7-6-12-21-19(25)10-5-11-20-22-14-18(26-20)17-8-3-2-4-9-17/h2-4,8-9,13-15H,5-7,10-12H2,1H3,(H,21,25). The summed E-state index contributed by atoms with van der Waals surface area (Å²) in [5.41, 5.74) is 2.21. The quantitative estimate of drug-likeness (QED) is 0.601. The minimum Gasteiger partial charge on any atom is -0.441 e. The number of aromatic nitrogens is 3. The van der Waals surface area contributed by atoms with Crippen molar-refractivity contribution in [3.8, 4) is 11.3 Å². The third kappa shape index (κ3) is 5.31. The monoisotopic (exact) mass is 352 g/mol. The largest absolute Gasteiger partial charge is 0.441 e. The van der Waals surface area contributed by atoms with Crippen LogP contribution in [0, 0.1) is 0 Å². The smallest absolute Gasteiger partial charge is 0.220 e. The minimum atomic E-state index is 0.0750. The van der Waals surface area contributed by atoms with Crippen LogP contribution in [0.15, 0.2) is 53.3 Å². The Kier molecular flexibility index (Phi) is 6.19. The van der Waals surface area contributed by atoms with Crippen LogP contribution in [-0.4, -0.2) is 27.2 Å². The molecule has 2 heterocycles. The first-order chi connectivity index (χ1) is 12.7. The number of carbonyl (C=O) groups is 1. The molecule has 0 saturated heterocycles. The van der Waals surface area contributed by atoms with E-state index in [2.05, 4.69) is 15.4 Å². The molecule has 0 aliphatic rings. The lowest BCUT2D eigenvalue weighted by molar-refractivity contribution is -0.121. The number of nitrogens with one attached hydrogen (secondary N) is 1. The van der Waals surface area contributed by atoms with Crippen molar-refractivity contribution < 1.29 is 9.21 Å². The fourth-order valence-electron chi connectivity index (χ4n) is 2.77. The fourth-order valence-corrected chi connectivity index (χ4v) is 2.77. The highest BCUT2D eigenvalue weighted by Gasteiger charge is 2.07. The average molecular weight is 352 g/mol.